The number of rotatable bonds is 1. The van der Waals surface area contributed by atoms with Gasteiger partial charge in [0.05, 0.1) is 5.41 Å². The molecule has 2 spiro atoms. The van der Waals surface area contributed by atoms with Crippen molar-refractivity contribution in [2.24, 2.45) is 39.9 Å². The number of allylic oxidation sites excluding steroid dienone is 2. The zero-order chi connectivity index (χ0) is 18.2. The average Bonchev–Trinajstić information content (AvgIpc) is 2.77. The van der Waals surface area contributed by atoms with Gasteiger partial charge in [-0.1, -0.05) is 26.8 Å². The van der Waals surface area contributed by atoms with Crippen molar-refractivity contribution in [3.8, 4) is 0 Å². The Balaban J connectivity index is 1.94. The van der Waals surface area contributed by atoms with Crippen molar-refractivity contribution in [2.75, 3.05) is 6.61 Å². The lowest BCUT2D eigenvalue weighted by Crippen LogP contribution is -2.66. The summed E-state index contributed by atoms with van der Waals surface area (Å²) in [5, 5.41) is 0. The minimum atomic E-state index is -1.24. The van der Waals surface area contributed by atoms with Crippen LogP contribution in [0, 0.1) is 39.9 Å². The van der Waals surface area contributed by atoms with Crippen LogP contribution in [0.2, 0.25) is 0 Å². The average molecular weight is 344 g/mol. The van der Waals surface area contributed by atoms with Gasteiger partial charge in [0.1, 0.15) is 18.3 Å². The van der Waals surface area contributed by atoms with Crippen LogP contribution in [0.5, 0.6) is 0 Å². The molecule has 25 heavy (non-hydrogen) atoms. The fraction of sp³-hybridized carbons (Fsp3) is 0.700. The summed E-state index contributed by atoms with van der Waals surface area (Å²) in [6.45, 7) is 5.62. The van der Waals surface area contributed by atoms with Gasteiger partial charge >= 0.3 is 5.97 Å². The molecule has 1 saturated heterocycles. The standard InChI is InChI=1S/C20H24O5/c1-11-12-4-5-13-19(8-12,16(11)23)17(24)25-10-20(13)14(9-21)18(2,3)7-6-15(20)22/h6-7,9,11-14H,4-5,8,10H2,1-3H3. The van der Waals surface area contributed by atoms with Crippen molar-refractivity contribution in [2.45, 2.75) is 40.0 Å². The third kappa shape index (κ3) is 1.74. The molecule has 0 aromatic rings. The van der Waals surface area contributed by atoms with Crippen molar-refractivity contribution < 1.29 is 23.9 Å². The largest absolute Gasteiger partial charge is 0.464 e. The van der Waals surface area contributed by atoms with Crippen LogP contribution in [0.1, 0.15) is 40.0 Å². The van der Waals surface area contributed by atoms with Gasteiger partial charge in [0.15, 0.2) is 11.6 Å². The second kappa shape index (κ2) is 4.89. The number of carbonyl (C=O) groups excluding carboxylic acids is 4. The lowest BCUT2D eigenvalue weighted by Gasteiger charge is -2.57. The van der Waals surface area contributed by atoms with Crippen LogP contribution in [0.4, 0.5) is 0 Å². The fourth-order valence-corrected chi connectivity index (χ4v) is 6.25. The summed E-state index contributed by atoms with van der Waals surface area (Å²) < 4.78 is 5.50. The van der Waals surface area contributed by atoms with E-state index in [1.165, 1.54) is 6.08 Å². The minimum Gasteiger partial charge on any atom is -0.464 e. The summed E-state index contributed by atoms with van der Waals surface area (Å²) in [6, 6.07) is 0. The zero-order valence-corrected chi connectivity index (χ0v) is 14.9. The lowest BCUT2D eigenvalue weighted by molar-refractivity contribution is -0.202. The van der Waals surface area contributed by atoms with Gasteiger partial charge in [0.25, 0.3) is 0 Å². The van der Waals surface area contributed by atoms with E-state index >= 15 is 0 Å². The van der Waals surface area contributed by atoms with E-state index in [4.69, 9.17) is 4.74 Å². The first-order chi connectivity index (χ1) is 11.7. The number of carbonyl (C=O) groups is 4. The number of fused-ring (bicyclic) bond motifs is 2. The molecular weight excluding hydrogens is 320 g/mol. The molecule has 2 bridgehead atoms. The number of hydrogen-bond acceptors (Lipinski definition) is 5. The highest BCUT2D eigenvalue weighted by Crippen LogP contribution is 2.66. The molecule has 0 aromatic heterocycles. The maximum Gasteiger partial charge on any atom is 0.320 e. The molecule has 0 N–H and O–H groups in total. The van der Waals surface area contributed by atoms with Crippen LogP contribution in [-0.4, -0.2) is 30.4 Å². The minimum absolute atomic E-state index is 0.0890. The predicted octanol–water partition coefficient (Wildman–Crippen LogP) is 2.13. The number of cyclic esters (lactones) is 1. The molecule has 1 heterocycles. The molecule has 6 unspecified atom stereocenters. The molecule has 0 amide bonds. The normalized spacial score (nSPS) is 47.6. The molecular formula is C20H24O5. The maximum atomic E-state index is 13.1. The molecule has 0 radical (unpaired) electrons. The summed E-state index contributed by atoms with van der Waals surface area (Å²) in [6.07, 6.45) is 6.03. The molecule has 4 aliphatic rings. The Morgan fingerprint density at radius 3 is 2.60 bits per heavy atom. The summed E-state index contributed by atoms with van der Waals surface area (Å²) in [7, 11) is 0. The van der Waals surface area contributed by atoms with E-state index in [2.05, 4.69) is 0 Å². The number of hydrogen-bond donors (Lipinski definition) is 0. The van der Waals surface area contributed by atoms with Crippen molar-refractivity contribution in [3.05, 3.63) is 12.2 Å². The number of Topliss-reactive ketones (excluding diaryl/α,β-unsaturated/α-hetero) is 1. The zero-order valence-electron chi connectivity index (χ0n) is 14.9. The summed E-state index contributed by atoms with van der Waals surface area (Å²) in [5.74, 6) is -1.81. The van der Waals surface area contributed by atoms with Crippen LogP contribution in [0.25, 0.3) is 0 Å². The molecule has 3 aliphatic carbocycles. The molecule has 6 atom stereocenters. The Labute approximate surface area is 147 Å². The molecule has 0 aromatic carbocycles. The van der Waals surface area contributed by atoms with E-state index in [9.17, 15) is 19.2 Å². The highest BCUT2D eigenvalue weighted by Gasteiger charge is 2.74. The number of esters is 1. The van der Waals surface area contributed by atoms with Crippen LogP contribution >= 0.6 is 0 Å². The molecule has 2 saturated carbocycles. The third-order valence-electron chi connectivity index (χ3n) is 7.61. The molecule has 134 valence electrons. The molecule has 5 nitrogen and oxygen atoms in total. The summed E-state index contributed by atoms with van der Waals surface area (Å²) in [4.78, 5) is 51.1. The van der Waals surface area contributed by atoms with Gasteiger partial charge in [-0.3, -0.25) is 14.4 Å². The van der Waals surface area contributed by atoms with E-state index in [0.717, 1.165) is 12.7 Å². The van der Waals surface area contributed by atoms with Crippen molar-refractivity contribution in [3.63, 3.8) is 0 Å². The predicted molar refractivity (Wildman–Crippen MR) is 88.3 cm³/mol. The number of aldehydes is 1. The first kappa shape index (κ1) is 16.7. The summed E-state index contributed by atoms with van der Waals surface area (Å²) >= 11 is 0. The first-order valence-electron chi connectivity index (χ1n) is 9.12. The van der Waals surface area contributed by atoms with Crippen LogP contribution in [-0.2, 0) is 23.9 Å². The molecule has 4 rings (SSSR count). The van der Waals surface area contributed by atoms with Crippen LogP contribution in [0.3, 0.4) is 0 Å². The Bertz CT molecular complexity index is 720. The number of ether oxygens (including phenoxy) is 1. The van der Waals surface area contributed by atoms with Gasteiger partial charge in [-0.05, 0) is 42.6 Å². The van der Waals surface area contributed by atoms with Gasteiger partial charge < -0.3 is 9.53 Å². The van der Waals surface area contributed by atoms with Gasteiger partial charge in [0, 0.05) is 11.8 Å². The lowest BCUT2D eigenvalue weighted by atomic mass is 9.46. The van der Waals surface area contributed by atoms with E-state index < -0.39 is 34.1 Å². The molecule has 5 heteroatoms. The topological polar surface area (TPSA) is 77.5 Å². The highest BCUT2D eigenvalue weighted by atomic mass is 16.5. The van der Waals surface area contributed by atoms with Gasteiger partial charge in [-0.15, -0.1) is 0 Å². The Morgan fingerprint density at radius 1 is 1.20 bits per heavy atom. The van der Waals surface area contributed by atoms with Crippen molar-refractivity contribution in [1.29, 1.82) is 0 Å². The molecule has 1 aliphatic heterocycles. The summed E-state index contributed by atoms with van der Waals surface area (Å²) in [5.41, 5.74) is -2.87. The third-order valence-corrected chi connectivity index (χ3v) is 7.61. The maximum absolute atomic E-state index is 13.1. The second-order valence-corrected chi connectivity index (χ2v) is 8.97. The SMILES string of the molecule is CC1C(=O)C23CC1CCC2C1(COC3=O)C(=O)C=CC(C)(C)C1C=O. The molecule has 3 fully saturated rings. The Morgan fingerprint density at radius 2 is 1.92 bits per heavy atom. The van der Waals surface area contributed by atoms with Crippen molar-refractivity contribution >= 4 is 23.8 Å². The quantitative estimate of drug-likeness (QED) is 0.414. The second-order valence-electron chi connectivity index (χ2n) is 8.97. The van der Waals surface area contributed by atoms with Gasteiger partial charge in [0.2, 0.25) is 0 Å². The van der Waals surface area contributed by atoms with Crippen molar-refractivity contribution in [1.82, 2.24) is 0 Å². The highest BCUT2D eigenvalue weighted by molar-refractivity contribution is 6.10. The monoisotopic (exact) mass is 344 g/mol. The van der Waals surface area contributed by atoms with E-state index in [0.29, 0.717) is 12.8 Å². The fourth-order valence-electron chi connectivity index (χ4n) is 6.25. The smallest absolute Gasteiger partial charge is 0.320 e. The van der Waals surface area contributed by atoms with E-state index in [1.54, 1.807) is 6.08 Å². The Kier molecular flexibility index (Phi) is 3.26. The van der Waals surface area contributed by atoms with Crippen LogP contribution < -0.4 is 0 Å². The van der Waals surface area contributed by atoms with Gasteiger partial charge in [-0.25, -0.2) is 0 Å². The van der Waals surface area contributed by atoms with Gasteiger partial charge in [-0.2, -0.15) is 0 Å². The van der Waals surface area contributed by atoms with Crippen LogP contribution in [0.15, 0.2) is 12.2 Å². The number of ketones is 2. The first-order valence-corrected chi connectivity index (χ1v) is 9.12. The Hall–Kier alpha value is -1.78. The van der Waals surface area contributed by atoms with E-state index in [-0.39, 0.29) is 30.0 Å². The van der Waals surface area contributed by atoms with E-state index in [1.807, 2.05) is 20.8 Å².